The predicted molar refractivity (Wildman–Crippen MR) is 45.3 cm³/mol. The van der Waals surface area contributed by atoms with Crippen molar-refractivity contribution in [1.82, 2.24) is 15.0 Å². The molecular formula is C8H13N3O2. The minimum Gasteiger partial charge on any atom is -0.390 e. The van der Waals surface area contributed by atoms with Gasteiger partial charge in [0.15, 0.2) is 0 Å². The number of aliphatic hydroxyl groups is 1. The molecule has 72 valence electrons. The molecule has 0 radical (unpaired) electrons. The third-order valence-electron chi connectivity index (χ3n) is 2.38. The number of aliphatic hydroxyl groups excluding tert-OH is 1. The Labute approximate surface area is 76.3 Å². The molecule has 0 aromatic carbocycles. The maximum Gasteiger partial charge on any atom is 0.0879 e. The Bertz CT molecular complexity index is 287. The number of hydrogen-bond donors (Lipinski definition) is 1. The summed E-state index contributed by atoms with van der Waals surface area (Å²) in [7, 11) is 0. The summed E-state index contributed by atoms with van der Waals surface area (Å²) in [5, 5.41) is 17.3. The van der Waals surface area contributed by atoms with E-state index in [-0.39, 0.29) is 5.92 Å². The lowest BCUT2D eigenvalue weighted by Crippen LogP contribution is -2.19. The normalized spacial score (nSPS) is 28.2. The van der Waals surface area contributed by atoms with E-state index in [2.05, 4.69) is 10.3 Å². The fraction of sp³-hybridized carbons (Fsp3) is 0.750. The van der Waals surface area contributed by atoms with Crippen LogP contribution in [0.2, 0.25) is 0 Å². The van der Waals surface area contributed by atoms with Gasteiger partial charge in [0.05, 0.1) is 37.1 Å². The second-order valence-electron chi connectivity index (χ2n) is 3.19. The highest BCUT2D eigenvalue weighted by Gasteiger charge is 2.30. The highest BCUT2D eigenvalue weighted by molar-refractivity contribution is 5.08. The lowest BCUT2D eigenvalue weighted by molar-refractivity contribution is 0.124. The minimum absolute atomic E-state index is 0.0370. The van der Waals surface area contributed by atoms with E-state index in [0.717, 1.165) is 12.2 Å². The van der Waals surface area contributed by atoms with E-state index in [9.17, 15) is 5.11 Å². The van der Waals surface area contributed by atoms with Crippen LogP contribution >= 0.6 is 0 Å². The third kappa shape index (κ3) is 1.45. The summed E-state index contributed by atoms with van der Waals surface area (Å²) in [6, 6.07) is 0. The highest BCUT2D eigenvalue weighted by Crippen LogP contribution is 2.24. The van der Waals surface area contributed by atoms with Gasteiger partial charge in [-0.1, -0.05) is 5.21 Å². The van der Waals surface area contributed by atoms with Gasteiger partial charge in [0, 0.05) is 6.54 Å². The highest BCUT2D eigenvalue weighted by atomic mass is 16.5. The Morgan fingerprint density at radius 1 is 1.69 bits per heavy atom. The predicted octanol–water partition coefficient (Wildman–Crippen LogP) is -0.227. The second kappa shape index (κ2) is 3.43. The van der Waals surface area contributed by atoms with Gasteiger partial charge in [0.25, 0.3) is 0 Å². The van der Waals surface area contributed by atoms with Crippen LogP contribution in [0.15, 0.2) is 6.20 Å². The number of aromatic nitrogens is 3. The van der Waals surface area contributed by atoms with Gasteiger partial charge in [-0.25, -0.2) is 4.68 Å². The monoisotopic (exact) mass is 183 g/mol. The zero-order valence-corrected chi connectivity index (χ0v) is 7.55. The number of rotatable bonds is 2. The SMILES string of the molecule is CCn1nncc1C1COCC1O. The van der Waals surface area contributed by atoms with Gasteiger partial charge in [-0.15, -0.1) is 5.10 Å². The van der Waals surface area contributed by atoms with Gasteiger partial charge < -0.3 is 9.84 Å². The van der Waals surface area contributed by atoms with Crippen molar-refractivity contribution in [1.29, 1.82) is 0 Å². The van der Waals surface area contributed by atoms with Gasteiger partial charge in [0.1, 0.15) is 0 Å². The van der Waals surface area contributed by atoms with Gasteiger partial charge >= 0.3 is 0 Å². The summed E-state index contributed by atoms with van der Waals surface area (Å²) >= 11 is 0. The van der Waals surface area contributed by atoms with Crippen molar-refractivity contribution in [3.63, 3.8) is 0 Å². The first-order valence-electron chi connectivity index (χ1n) is 4.47. The molecule has 1 saturated heterocycles. The molecule has 2 heterocycles. The summed E-state index contributed by atoms with van der Waals surface area (Å²) in [6.07, 6.45) is 1.29. The molecule has 13 heavy (non-hydrogen) atoms. The van der Waals surface area contributed by atoms with Crippen LogP contribution in [0, 0.1) is 0 Å². The fourth-order valence-corrected chi connectivity index (χ4v) is 1.62. The molecule has 2 unspecified atom stereocenters. The Morgan fingerprint density at radius 3 is 3.15 bits per heavy atom. The maximum atomic E-state index is 9.59. The van der Waals surface area contributed by atoms with E-state index in [1.807, 2.05) is 6.92 Å². The second-order valence-corrected chi connectivity index (χ2v) is 3.19. The summed E-state index contributed by atoms with van der Waals surface area (Å²) in [6.45, 7) is 3.76. The first kappa shape index (κ1) is 8.65. The van der Waals surface area contributed by atoms with Crippen LogP contribution in [0.1, 0.15) is 18.5 Å². The lowest BCUT2D eigenvalue weighted by Gasteiger charge is -2.12. The Hall–Kier alpha value is -0.940. The zero-order valence-electron chi connectivity index (χ0n) is 7.55. The quantitative estimate of drug-likeness (QED) is 0.688. The summed E-state index contributed by atoms with van der Waals surface area (Å²) in [5.41, 5.74) is 0.965. The van der Waals surface area contributed by atoms with E-state index in [1.165, 1.54) is 0 Å². The molecule has 1 aromatic heterocycles. The van der Waals surface area contributed by atoms with Gasteiger partial charge in [-0.05, 0) is 6.92 Å². The summed E-state index contributed by atoms with van der Waals surface area (Å²) < 4.78 is 6.97. The molecule has 0 bridgehead atoms. The average molecular weight is 183 g/mol. The third-order valence-corrected chi connectivity index (χ3v) is 2.38. The Kier molecular flexibility index (Phi) is 2.28. The molecule has 0 aliphatic carbocycles. The van der Waals surface area contributed by atoms with Crippen LogP contribution in [0.25, 0.3) is 0 Å². The van der Waals surface area contributed by atoms with Crippen LogP contribution in [0.5, 0.6) is 0 Å². The zero-order chi connectivity index (χ0) is 9.26. The van der Waals surface area contributed by atoms with Crippen molar-refractivity contribution in [2.45, 2.75) is 25.5 Å². The van der Waals surface area contributed by atoms with Crippen LogP contribution in [-0.2, 0) is 11.3 Å². The van der Waals surface area contributed by atoms with E-state index >= 15 is 0 Å². The number of aryl methyl sites for hydroxylation is 1. The number of hydrogen-bond acceptors (Lipinski definition) is 4. The van der Waals surface area contributed by atoms with E-state index < -0.39 is 6.10 Å². The Morgan fingerprint density at radius 2 is 2.54 bits per heavy atom. The van der Waals surface area contributed by atoms with E-state index in [4.69, 9.17) is 4.74 Å². The Balaban J connectivity index is 2.23. The molecule has 0 amide bonds. The molecule has 0 spiro atoms. The molecule has 0 saturated carbocycles. The minimum atomic E-state index is -0.413. The molecule has 1 fully saturated rings. The summed E-state index contributed by atoms with van der Waals surface area (Å²) in [4.78, 5) is 0. The van der Waals surface area contributed by atoms with Crippen molar-refractivity contribution in [3.05, 3.63) is 11.9 Å². The molecular weight excluding hydrogens is 170 g/mol. The first-order chi connectivity index (χ1) is 6.33. The smallest absolute Gasteiger partial charge is 0.0879 e. The molecule has 5 nitrogen and oxygen atoms in total. The van der Waals surface area contributed by atoms with Crippen LogP contribution in [0.4, 0.5) is 0 Å². The largest absolute Gasteiger partial charge is 0.390 e. The van der Waals surface area contributed by atoms with Crippen LogP contribution in [0.3, 0.4) is 0 Å². The average Bonchev–Trinajstić information content (AvgIpc) is 2.71. The van der Waals surface area contributed by atoms with Crippen molar-refractivity contribution >= 4 is 0 Å². The van der Waals surface area contributed by atoms with Crippen molar-refractivity contribution in [2.75, 3.05) is 13.2 Å². The van der Waals surface area contributed by atoms with Gasteiger partial charge in [-0.3, -0.25) is 0 Å². The fourth-order valence-electron chi connectivity index (χ4n) is 1.62. The van der Waals surface area contributed by atoms with Crippen molar-refractivity contribution in [3.8, 4) is 0 Å². The molecule has 5 heteroatoms. The van der Waals surface area contributed by atoms with Gasteiger partial charge in [-0.2, -0.15) is 0 Å². The topological polar surface area (TPSA) is 60.2 Å². The molecule has 1 N–H and O–H groups in total. The maximum absolute atomic E-state index is 9.59. The van der Waals surface area contributed by atoms with Crippen molar-refractivity contribution < 1.29 is 9.84 Å². The molecule has 2 atom stereocenters. The number of nitrogens with zero attached hydrogens (tertiary/aromatic N) is 3. The standard InChI is InChI=1S/C8H13N3O2/c1-2-11-7(3-9-10-11)6-4-13-5-8(6)12/h3,6,8,12H,2,4-5H2,1H3. The summed E-state index contributed by atoms with van der Waals surface area (Å²) in [5.74, 6) is 0.0370. The van der Waals surface area contributed by atoms with E-state index in [0.29, 0.717) is 13.2 Å². The van der Waals surface area contributed by atoms with Crippen molar-refractivity contribution in [2.24, 2.45) is 0 Å². The first-order valence-corrected chi connectivity index (χ1v) is 4.47. The molecule has 1 aromatic rings. The lowest BCUT2D eigenvalue weighted by atomic mass is 10.0. The molecule has 1 aliphatic rings. The van der Waals surface area contributed by atoms with E-state index in [1.54, 1.807) is 10.9 Å². The number of ether oxygens (including phenoxy) is 1. The van der Waals surface area contributed by atoms with Crippen LogP contribution < -0.4 is 0 Å². The molecule has 2 rings (SSSR count). The van der Waals surface area contributed by atoms with Crippen LogP contribution in [-0.4, -0.2) is 39.4 Å². The molecule has 1 aliphatic heterocycles. The van der Waals surface area contributed by atoms with Gasteiger partial charge in [0.2, 0.25) is 0 Å².